The van der Waals surface area contributed by atoms with Gasteiger partial charge in [-0.25, -0.2) is 0 Å². The van der Waals surface area contributed by atoms with Gasteiger partial charge in [-0.05, 0) is 47.8 Å². The van der Waals surface area contributed by atoms with E-state index in [0.29, 0.717) is 13.0 Å². The highest BCUT2D eigenvalue weighted by Crippen LogP contribution is 2.11. The van der Waals surface area contributed by atoms with Gasteiger partial charge in [0.2, 0.25) is 23.6 Å². The van der Waals surface area contributed by atoms with E-state index < -0.39 is 41.9 Å². The average molecular weight is 534 g/mol. The number of phenols is 1. The Labute approximate surface area is 226 Å². The molecule has 10 nitrogen and oxygen atoms in total. The molecule has 0 unspecified atom stereocenters. The lowest BCUT2D eigenvalue weighted by Gasteiger charge is -2.30. The largest absolute Gasteiger partial charge is 0.508 e. The van der Waals surface area contributed by atoms with Gasteiger partial charge in [-0.15, -0.1) is 0 Å². The predicted octanol–water partition coefficient (Wildman–Crippen LogP) is 1.46. The van der Waals surface area contributed by atoms with Crippen molar-refractivity contribution < 1.29 is 24.3 Å². The molecule has 0 radical (unpaired) electrons. The summed E-state index contributed by atoms with van der Waals surface area (Å²) in [5, 5.41) is 20.5. The van der Waals surface area contributed by atoms with E-state index in [0.717, 1.165) is 5.56 Å². The Morgan fingerprint density at radius 1 is 0.658 bits per heavy atom. The molecule has 10 heteroatoms. The maximum atomic E-state index is 13.2. The summed E-state index contributed by atoms with van der Waals surface area (Å²) < 4.78 is 0. The van der Waals surface area contributed by atoms with Gasteiger partial charge in [0.15, 0.2) is 0 Å². The SMILES string of the molecule is CC(C)[C@H](N)C(=O)N[C@H](C(=O)N[C@H](C(=O)N[C@H](C(=O)NCCc1ccc(O)cc1)C(C)C)C(C)C)C(C)C. The van der Waals surface area contributed by atoms with E-state index in [1.807, 2.05) is 27.7 Å². The van der Waals surface area contributed by atoms with E-state index in [4.69, 9.17) is 5.73 Å². The van der Waals surface area contributed by atoms with Crippen molar-refractivity contribution in [1.29, 1.82) is 0 Å². The second-order valence-corrected chi connectivity index (χ2v) is 11.2. The Bertz CT molecular complexity index is 930. The zero-order valence-corrected chi connectivity index (χ0v) is 24.0. The second-order valence-electron chi connectivity index (χ2n) is 11.2. The van der Waals surface area contributed by atoms with Gasteiger partial charge < -0.3 is 32.1 Å². The number of aromatic hydroxyl groups is 1. The number of carbonyl (C=O) groups excluding carboxylic acids is 4. The Kier molecular flexibility index (Phi) is 13.3. The quantitative estimate of drug-likeness (QED) is 0.212. The fourth-order valence-electron chi connectivity index (χ4n) is 3.75. The van der Waals surface area contributed by atoms with E-state index in [1.54, 1.807) is 52.0 Å². The number of nitrogens with two attached hydrogens (primary N) is 1. The van der Waals surface area contributed by atoms with Crippen LogP contribution in [-0.4, -0.2) is 59.4 Å². The van der Waals surface area contributed by atoms with Crippen LogP contribution < -0.4 is 27.0 Å². The van der Waals surface area contributed by atoms with Crippen LogP contribution in [0.5, 0.6) is 5.75 Å². The fourth-order valence-corrected chi connectivity index (χ4v) is 3.75. The molecule has 0 bridgehead atoms. The molecule has 0 saturated heterocycles. The summed E-state index contributed by atoms with van der Waals surface area (Å²) in [6, 6.07) is 3.39. The van der Waals surface area contributed by atoms with Crippen LogP contribution in [0.25, 0.3) is 0 Å². The number of carbonyl (C=O) groups is 4. The van der Waals surface area contributed by atoms with Crippen LogP contribution in [-0.2, 0) is 25.6 Å². The molecule has 0 aliphatic rings. The van der Waals surface area contributed by atoms with E-state index in [9.17, 15) is 24.3 Å². The van der Waals surface area contributed by atoms with Crippen LogP contribution in [0, 0.1) is 23.7 Å². The third kappa shape index (κ3) is 10.3. The Balaban J connectivity index is 2.86. The molecule has 1 aromatic carbocycles. The van der Waals surface area contributed by atoms with Crippen molar-refractivity contribution in [2.24, 2.45) is 29.4 Å². The first-order chi connectivity index (χ1) is 17.6. The molecule has 1 rings (SSSR count). The molecule has 38 heavy (non-hydrogen) atoms. The van der Waals surface area contributed by atoms with Gasteiger partial charge in [0.05, 0.1) is 6.04 Å². The van der Waals surface area contributed by atoms with Gasteiger partial charge in [-0.2, -0.15) is 0 Å². The summed E-state index contributed by atoms with van der Waals surface area (Å²) in [6.07, 6.45) is 0.568. The topological polar surface area (TPSA) is 163 Å². The van der Waals surface area contributed by atoms with Crippen LogP contribution in [0.15, 0.2) is 24.3 Å². The van der Waals surface area contributed by atoms with Crippen molar-refractivity contribution in [1.82, 2.24) is 21.3 Å². The van der Waals surface area contributed by atoms with Crippen LogP contribution in [0.1, 0.15) is 61.0 Å². The molecule has 214 valence electrons. The minimum absolute atomic E-state index is 0.0970. The van der Waals surface area contributed by atoms with E-state index in [-0.39, 0.29) is 35.3 Å². The minimum atomic E-state index is -0.912. The molecule has 4 amide bonds. The molecule has 0 spiro atoms. The Morgan fingerprint density at radius 3 is 1.45 bits per heavy atom. The van der Waals surface area contributed by atoms with Crippen LogP contribution in [0.3, 0.4) is 0 Å². The van der Waals surface area contributed by atoms with Crippen molar-refractivity contribution in [2.75, 3.05) is 6.54 Å². The van der Waals surface area contributed by atoms with Crippen LogP contribution >= 0.6 is 0 Å². The first kappa shape index (κ1) is 32.9. The van der Waals surface area contributed by atoms with E-state index in [1.165, 1.54) is 0 Å². The van der Waals surface area contributed by atoms with Gasteiger partial charge in [0.1, 0.15) is 23.9 Å². The van der Waals surface area contributed by atoms with Gasteiger partial charge in [-0.1, -0.05) is 67.5 Å². The lowest BCUT2D eigenvalue weighted by molar-refractivity contribution is -0.135. The summed E-state index contributed by atoms with van der Waals surface area (Å²) in [6.45, 7) is 14.9. The zero-order valence-electron chi connectivity index (χ0n) is 24.0. The third-order valence-electron chi connectivity index (χ3n) is 6.41. The summed E-state index contributed by atoms with van der Waals surface area (Å²) in [4.78, 5) is 51.8. The van der Waals surface area contributed by atoms with Crippen molar-refractivity contribution in [2.45, 2.75) is 86.0 Å². The van der Waals surface area contributed by atoms with Gasteiger partial charge in [-0.3, -0.25) is 19.2 Å². The molecule has 0 saturated carbocycles. The number of nitrogens with one attached hydrogen (secondary N) is 4. The van der Waals surface area contributed by atoms with Crippen molar-refractivity contribution in [3.05, 3.63) is 29.8 Å². The Hall–Kier alpha value is -3.14. The number of hydrogen-bond acceptors (Lipinski definition) is 6. The molecular weight excluding hydrogens is 486 g/mol. The average Bonchev–Trinajstić information content (AvgIpc) is 2.83. The molecular formula is C28H47N5O5. The zero-order chi connectivity index (χ0) is 29.2. The summed E-state index contributed by atoms with van der Waals surface area (Å²) in [7, 11) is 0. The first-order valence-electron chi connectivity index (χ1n) is 13.4. The standard InChI is InChI=1S/C28H47N5O5/c1-15(2)21(29)25(35)31-23(17(5)6)27(37)33-24(18(7)8)28(38)32-22(16(3)4)26(36)30-14-13-19-9-11-20(34)12-10-19/h9-12,15-18,21-24,34H,13-14,29H2,1-8H3,(H,30,36)(H,31,35)(H,32,38)(H,33,37)/t21-,22-,23-,24-/m0/s1. The van der Waals surface area contributed by atoms with Crippen molar-refractivity contribution in [3.8, 4) is 5.75 Å². The number of amides is 4. The predicted molar refractivity (Wildman–Crippen MR) is 148 cm³/mol. The maximum Gasteiger partial charge on any atom is 0.243 e. The molecule has 4 atom stereocenters. The van der Waals surface area contributed by atoms with Gasteiger partial charge >= 0.3 is 0 Å². The van der Waals surface area contributed by atoms with E-state index >= 15 is 0 Å². The summed E-state index contributed by atoms with van der Waals surface area (Å²) in [5.41, 5.74) is 6.89. The summed E-state index contributed by atoms with van der Waals surface area (Å²) in [5.74, 6) is -2.35. The number of phenolic OH excluding ortho intramolecular Hbond substituents is 1. The van der Waals surface area contributed by atoms with Gasteiger partial charge in [0, 0.05) is 6.54 Å². The molecule has 0 aromatic heterocycles. The van der Waals surface area contributed by atoms with Gasteiger partial charge in [0.25, 0.3) is 0 Å². The normalized spacial score (nSPS) is 14.7. The minimum Gasteiger partial charge on any atom is -0.508 e. The molecule has 0 aliphatic carbocycles. The summed E-state index contributed by atoms with van der Waals surface area (Å²) >= 11 is 0. The lowest BCUT2D eigenvalue weighted by atomic mass is 9.97. The molecule has 0 fully saturated rings. The number of rotatable bonds is 14. The van der Waals surface area contributed by atoms with Crippen LogP contribution in [0.4, 0.5) is 0 Å². The number of benzene rings is 1. The van der Waals surface area contributed by atoms with Crippen LogP contribution in [0.2, 0.25) is 0 Å². The monoisotopic (exact) mass is 533 g/mol. The highest BCUT2D eigenvalue weighted by molar-refractivity contribution is 5.95. The molecule has 0 heterocycles. The molecule has 1 aromatic rings. The van der Waals surface area contributed by atoms with Crippen molar-refractivity contribution in [3.63, 3.8) is 0 Å². The lowest BCUT2D eigenvalue weighted by Crippen LogP contribution is -2.60. The smallest absolute Gasteiger partial charge is 0.243 e. The number of hydrogen-bond donors (Lipinski definition) is 6. The highest BCUT2D eigenvalue weighted by atomic mass is 16.3. The molecule has 7 N–H and O–H groups in total. The molecule has 0 aliphatic heterocycles. The van der Waals surface area contributed by atoms with Crippen molar-refractivity contribution >= 4 is 23.6 Å². The Morgan fingerprint density at radius 2 is 1.05 bits per heavy atom. The fraction of sp³-hybridized carbons (Fsp3) is 0.643. The second kappa shape index (κ2) is 15.3. The highest BCUT2D eigenvalue weighted by Gasteiger charge is 2.34. The first-order valence-corrected chi connectivity index (χ1v) is 13.4. The third-order valence-corrected chi connectivity index (χ3v) is 6.41. The van der Waals surface area contributed by atoms with E-state index in [2.05, 4.69) is 21.3 Å². The maximum absolute atomic E-state index is 13.2.